The lowest BCUT2D eigenvalue weighted by Crippen LogP contribution is -2.14. The maximum atomic E-state index is 14.2. The van der Waals surface area contributed by atoms with Crippen molar-refractivity contribution in [1.82, 2.24) is 4.57 Å². The van der Waals surface area contributed by atoms with E-state index in [2.05, 4.69) is 5.18 Å². The first-order chi connectivity index (χ1) is 15.6. The summed E-state index contributed by atoms with van der Waals surface area (Å²) in [7, 11) is 0. The van der Waals surface area contributed by atoms with E-state index in [0.29, 0.717) is 38.9 Å². The highest BCUT2D eigenvalue weighted by atomic mass is 19.1. The molecule has 0 unspecified atom stereocenters. The minimum absolute atomic E-state index is 0.0384. The molecular formula is C24H17FN2O5. The molecule has 0 saturated carbocycles. The van der Waals surface area contributed by atoms with Crippen LogP contribution in [0, 0.1) is 10.7 Å². The Bertz CT molecular complexity index is 1380. The molecule has 0 radical (unpaired) electrons. The van der Waals surface area contributed by atoms with Crippen molar-refractivity contribution >= 4 is 22.9 Å². The quantitative estimate of drug-likeness (QED) is 0.342. The summed E-state index contributed by atoms with van der Waals surface area (Å²) >= 11 is 0. The van der Waals surface area contributed by atoms with Crippen molar-refractivity contribution in [2.45, 2.75) is 13.2 Å². The number of benzene rings is 3. The fraction of sp³-hybridized carbons (Fsp3) is 0.125. The van der Waals surface area contributed by atoms with Gasteiger partial charge in [-0.25, -0.2) is 4.39 Å². The maximum Gasteiger partial charge on any atom is 0.222 e. The van der Waals surface area contributed by atoms with E-state index in [4.69, 9.17) is 9.47 Å². The van der Waals surface area contributed by atoms with Crippen LogP contribution in [0.1, 0.15) is 21.5 Å². The Morgan fingerprint density at radius 1 is 1.16 bits per heavy atom. The molecule has 0 fully saturated rings. The van der Waals surface area contributed by atoms with Crippen LogP contribution < -0.4 is 4.74 Å². The Labute approximate surface area is 181 Å². The van der Waals surface area contributed by atoms with Crippen LogP contribution in [0.25, 0.3) is 22.0 Å². The molecule has 4 aromatic rings. The molecule has 160 valence electrons. The van der Waals surface area contributed by atoms with Gasteiger partial charge in [0.15, 0.2) is 18.8 Å². The van der Waals surface area contributed by atoms with Crippen LogP contribution in [0.5, 0.6) is 11.6 Å². The third-order valence-corrected chi connectivity index (χ3v) is 5.58. The van der Waals surface area contributed by atoms with Crippen LogP contribution in [-0.4, -0.2) is 22.8 Å². The molecule has 1 aliphatic rings. The molecule has 0 saturated heterocycles. The SMILES string of the molecule is O=Cc1ccccc1-c1ccc2c(N=O)c(O)n(Cc3cc(F)cc4c3OCOC4)c2c1. The van der Waals surface area contributed by atoms with Crippen LogP contribution in [0.15, 0.2) is 59.8 Å². The molecule has 8 heteroatoms. The first-order valence-electron chi connectivity index (χ1n) is 9.85. The maximum absolute atomic E-state index is 14.2. The molecule has 0 aliphatic carbocycles. The van der Waals surface area contributed by atoms with E-state index in [1.54, 1.807) is 30.3 Å². The molecule has 5 rings (SSSR count). The standard InChI is InChI=1S/C24H17FN2O5/c25-18-7-16(23-17(8-18)12-31-13-32-23)10-27-21-9-14(19-4-2-1-3-15(19)11-28)5-6-20(21)22(26-30)24(27)29/h1-9,11,29H,10,12-13H2. The van der Waals surface area contributed by atoms with Gasteiger partial charge in [0.25, 0.3) is 0 Å². The highest BCUT2D eigenvalue weighted by molar-refractivity contribution is 5.98. The minimum Gasteiger partial charge on any atom is -0.493 e. The molecule has 2 heterocycles. The molecule has 0 atom stereocenters. The number of halogens is 1. The second-order valence-corrected chi connectivity index (χ2v) is 7.45. The fourth-order valence-electron chi connectivity index (χ4n) is 4.14. The minimum atomic E-state index is -0.460. The van der Waals surface area contributed by atoms with Crippen LogP contribution >= 0.6 is 0 Å². The highest BCUT2D eigenvalue weighted by Gasteiger charge is 2.22. The summed E-state index contributed by atoms with van der Waals surface area (Å²) in [6.45, 7) is 0.292. The van der Waals surface area contributed by atoms with Crippen molar-refractivity contribution in [3.63, 3.8) is 0 Å². The number of ether oxygens (including phenoxy) is 2. The number of hydrogen-bond acceptors (Lipinski definition) is 6. The smallest absolute Gasteiger partial charge is 0.222 e. The molecule has 1 aromatic heterocycles. The van der Waals surface area contributed by atoms with Crippen LogP contribution in [-0.2, 0) is 17.9 Å². The zero-order chi connectivity index (χ0) is 22.2. The van der Waals surface area contributed by atoms with Gasteiger partial charge in [-0.1, -0.05) is 30.3 Å². The fourth-order valence-corrected chi connectivity index (χ4v) is 4.14. The summed E-state index contributed by atoms with van der Waals surface area (Å²) in [4.78, 5) is 23.0. The number of rotatable bonds is 5. The van der Waals surface area contributed by atoms with E-state index < -0.39 is 5.82 Å². The molecule has 3 aromatic carbocycles. The monoisotopic (exact) mass is 432 g/mol. The van der Waals surface area contributed by atoms with Gasteiger partial charge >= 0.3 is 0 Å². The lowest BCUT2D eigenvalue weighted by molar-refractivity contribution is -0.0173. The number of hydrogen-bond donors (Lipinski definition) is 1. The first-order valence-corrected chi connectivity index (χ1v) is 9.85. The zero-order valence-electron chi connectivity index (χ0n) is 16.7. The Kier molecular flexibility index (Phi) is 4.91. The summed E-state index contributed by atoms with van der Waals surface area (Å²) in [5.74, 6) is -0.305. The lowest BCUT2D eigenvalue weighted by Gasteiger charge is -2.21. The average molecular weight is 432 g/mol. The molecule has 7 nitrogen and oxygen atoms in total. The van der Waals surface area contributed by atoms with Gasteiger partial charge in [0.2, 0.25) is 5.88 Å². The molecular weight excluding hydrogens is 415 g/mol. The van der Waals surface area contributed by atoms with E-state index >= 15 is 0 Å². The van der Waals surface area contributed by atoms with Gasteiger partial charge in [-0.2, -0.15) is 0 Å². The Hall–Kier alpha value is -4.04. The van der Waals surface area contributed by atoms with Gasteiger partial charge in [0.1, 0.15) is 11.6 Å². The van der Waals surface area contributed by atoms with E-state index in [1.807, 2.05) is 12.1 Å². The summed E-state index contributed by atoms with van der Waals surface area (Å²) in [5.41, 5.74) is 3.41. The van der Waals surface area contributed by atoms with E-state index in [0.717, 1.165) is 11.8 Å². The third-order valence-electron chi connectivity index (χ3n) is 5.58. The number of carbonyl (C=O) groups excluding carboxylic acids is 1. The van der Waals surface area contributed by atoms with Crippen LogP contribution in [0.4, 0.5) is 10.1 Å². The van der Waals surface area contributed by atoms with Crippen molar-refractivity contribution in [2.75, 3.05) is 6.79 Å². The Morgan fingerprint density at radius 2 is 2.00 bits per heavy atom. The largest absolute Gasteiger partial charge is 0.493 e. The van der Waals surface area contributed by atoms with Gasteiger partial charge < -0.3 is 19.1 Å². The van der Waals surface area contributed by atoms with Crippen molar-refractivity contribution in [1.29, 1.82) is 0 Å². The summed E-state index contributed by atoms with van der Waals surface area (Å²) in [5, 5.41) is 14.2. The van der Waals surface area contributed by atoms with Gasteiger partial charge in [0, 0.05) is 22.1 Å². The molecule has 0 bridgehead atoms. The number of fused-ring (bicyclic) bond motifs is 2. The van der Waals surface area contributed by atoms with Gasteiger partial charge in [0.05, 0.1) is 18.7 Å². The zero-order valence-corrected chi connectivity index (χ0v) is 16.7. The second kappa shape index (κ2) is 7.90. The van der Waals surface area contributed by atoms with Gasteiger partial charge in [-0.05, 0) is 40.6 Å². The molecule has 1 aliphatic heterocycles. The summed E-state index contributed by atoms with van der Waals surface area (Å²) < 4.78 is 26.5. The third kappa shape index (κ3) is 3.21. The van der Waals surface area contributed by atoms with E-state index in [-0.39, 0.29) is 31.5 Å². The number of aromatic nitrogens is 1. The molecule has 32 heavy (non-hydrogen) atoms. The number of carbonyl (C=O) groups is 1. The number of nitroso groups, excluding NO2 is 1. The van der Waals surface area contributed by atoms with Crippen LogP contribution in [0.2, 0.25) is 0 Å². The van der Waals surface area contributed by atoms with Crippen molar-refractivity contribution in [3.05, 3.63) is 82.0 Å². The summed E-state index contributed by atoms with van der Waals surface area (Å²) in [6.07, 6.45) is 0.771. The number of nitrogens with zero attached hydrogens (tertiary/aromatic N) is 2. The van der Waals surface area contributed by atoms with Crippen molar-refractivity contribution in [3.8, 4) is 22.8 Å². The topological polar surface area (TPSA) is 90.1 Å². The predicted molar refractivity (Wildman–Crippen MR) is 116 cm³/mol. The van der Waals surface area contributed by atoms with E-state index in [1.165, 1.54) is 16.7 Å². The normalized spacial score (nSPS) is 12.9. The highest BCUT2D eigenvalue weighted by Crippen LogP contribution is 2.42. The predicted octanol–water partition coefficient (Wildman–Crippen LogP) is 5.28. The summed E-state index contributed by atoms with van der Waals surface area (Å²) in [6, 6.07) is 15.0. The number of aldehydes is 1. The molecule has 1 N–H and O–H groups in total. The first kappa shape index (κ1) is 19.9. The number of aromatic hydroxyl groups is 1. The van der Waals surface area contributed by atoms with Gasteiger partial charge in [-0.15, -0.1) is 4.91 Å². The lowest BCUT2D eigenvalue weighted by atomic mass is 9.99. The molecule has 0 spiro atoms. The van der Waals surface area contributed by atoms with Gasteiger partial charge in [-0.3, -0.25) is 4.79 Å². The second-order valence-electron chi connectivity index (χ2n) is 7.45. The molecule has 0 amide bonds. The average Bonchev–Trinajstić information content (AvgIpc) is 3.08. The Balaban J connectivity index is 1.70. The van der Waals surface area contributed by atoms with Crippen LogP contribution in [0.3, 0.4) is 0 Å². The van der Waals surface area contributed by atoms with Crippen molar-refractivity contribution in [2.24, 2.45) is 5.18 Å². The Morgan fingerprint density at radius 3 is 2.81 bits per heavy atom. The van der Waals surface area contributed by atoms with E-state index in [9.17, 15) is 19.2 Å². The van der Waals surface area contributed by atoms with Crippen molar-refractivity contribution < 1.29 is 23.8 Å².